The lowest BCUT2D eigenvalue weighted by Crippen LogP contribution is -2.30. The van der Waals surface area contributed by atoms with Crippen molar-refractivity contribution in [2.75, 3.05) is 11.9 Å². The summed E-state index contributed by atoms with van der Waals surface area (Å²) in [6, 6.07) is 9.28. The number of halogens is 3. The van der Waals surface area contributed by atoms with Gasteiger partial charge in [-0.3, -0.25) is 9.78 Å². The third kappa shape index (κ3) is 4.27. The molecular weight excluding hydrogens is 459 g/mol. The third-order valence-electron chi connectivity index (χ3n) is 6.36. The zero-order valence-corrected chi connectivity index (χ0v) is 18.6. The van der Waals surface area contributed by atoms with E-state index in [9.17, 15) is 18.0 Å². The molecule has 1 aromatic carbocycles. The molecule has 0 bridgehead atoms. The Hall–Kier alpha value is -3.73. The van der Waals surface area contributed by atoms with Gasteiger partial charge in [0.15, 0.2) is 5.65 Å². The largest absolute Gasteiger partial charge is 0.408 e. The summed E-state index contributed by atoms with van der Waals surface area (Å²) in [5.41, 5.74) is 3.72. The fourth-order valence-electron chi connectivity index (χ4n) is 4.52. The average molecular weight is 481 g/mol. The van der Waals surface area contributed by atoms with Gasteiger partial charge in [0.05, 0.1) is 5.69 Å². The predicted octanol–water partition coefficient (Wildman–Crippen LogP) is 3.81. The second kappa shape index (κ2) is 8.19. The number of hydrogen-bond donors (Lipinski definition) is 2. The van der Waals surface area contributed by atoms with Crippen molar-refractivity contribution in [2.24, 2.45) is 0 Å². The molecule has 0 amide bonds. The Balaban J connectivity index is 1.46. The summed E-state index contributed by atoms with van der Waals surface area (Å²) in [6.07, 6.45) is 1.13. The molecule has 1 saturated carbocycles. The van der Waals surface area contributed by atoms with Crippen LogP contribution in [0.15, 0.2) is 47.5 Å². The van der Waals surface area contributed by atoms with Gasteiger partial charge in [-0.2, -0.15) is 18.2 Å². The average Bonchev–Trinajstić information content (AvgIpc) is 3.65. The van der Waals surface area contributed by atoms with Crippen LogP contribution in [0, 0.1) is 0 Å². The van der Waals surface area contributed by atoms with Crippen molar-refractivity contribution in [3.63, 3.8) is 0 Å². The van der Waals surface area contributed by atoms with E-state index in [1.54, 1.807) is 18.3 Å². The Kier molecular flexibility index (Phi) is 5.10. The van der Waals surface area contributed by atoms with E-state index in [0.717, 1.165) is 43.7 Å². The van der Waals surface area contributed by atoms with E-state index in [-0.39, 0.29) is 17.0 Å². The lowest BCUT2D eigenvalue weighted by Gasteiger charge is -2.18. The monoisotopic (exact) mass is 481 g/mol. The summed E-state index contributed by atoms with van der Waals surface area (Å²) in [6.45, 7) is 0.267. The van der Waals surface area contributed by atoms with Crippen LogP contribution in [0.25, 0.3) is 16.7 Å². The van der Waals surface area contributed by atoms with Gasteiger partial charge in [-0.25, -0.2) is 14.3 Å². The molecule has 35 heavy (non-hydrogen) atoms. The van der Waals surface area contributed by atoms with Gasteiger partial charge < -0.3 is 10.6 Å². The van der Waals surface area contributed by atoms with Gasteiger partial charge >= 0.3 is 6.18 Å². The first-order valence-corrected chi connectivity index (χ1v) is 11.5. The molecule has 11 heteroatoms. The van der Waals surface area contributed by atoms with Crippen LogP contribution in [0.5, 0.6) is 0 Å². The van der Waals surface area contributed by atoms with Gasteiger partial charge in [-0.05, 0) is 61.2 Å². The Morgan fingerprint density at radius 1 is 1.11 bits per heavy atom. The fourth-order valence-corrected chi connectivity index (χ4v) is 4.52. The lowest BCUT2D eigenvalue weighted by molar-refractivity contribution is -0.144. The Bertz CT molecular complexity index is 1490. The smallest absolute Gasteiger partial charge is 0.324 e. The van der Waals surface area contributed by atoms with Crippen LogP contribution in [0.3, 0.4) is 0 Å². The summed E-state index contributed by atoms with van der Waals surface area (Å²) in [5, 5.41) is 6.48. The molecule has 2 aliphatic rings. The highest BCUT2D eigenvalue weighted by atomic mass is 19.4. The highest BCUT2D eigenvalue weighted by Crippen LogP contribution is 2.39. The number of alkyl halides is 3. The summed E-state index contributed by atoms with van der Waals surface area (Å²) in [5.74, 6) is 0.492. The molecule has 1 aliphatic carbocycles. The predicted molar refractivity (Wildman–Crippen MR) is 124 cm³/mol. The molecule has 180 valence electrons. The van der Waals surface area contributed by atoms with Crippen molar-refractivity contribution >= 4 is 22.7 Å². The van der Waals surface area contributed by atoms with Gasteiger partial charge in [-0.1, -0.05) is 6.07 Å². The molecule has 8 nitrogen and oxygen atoms in total. The third-order valence-corrected chi connectivity index (χ3v) is 6.36. The molecule has 0 spiro atoms. The molecule has 2 N–H and O–H groups in total. The molecule has 6 rings (SSSR count). The van der Waals surface area contributed by atoms with Crippen LogP contribution >= 0.6 is 0 Å². The van der Waals surface area contributed by atoms with Crippen LogP contribution in [-0.4, -0.2) is 37.0 Å². The van der Waals surface area contributed by atoms with Crippen molar-refractivity contribution in [1.82, 2.24) is 29.6 Å². The van der Waals surface area contributed by atoms with Crippen LogP contribution in [0.2, 0.25) is 0 Å². The second-order valence-corrected chi connectivity index (χ2v) is 8.97. The van der Waals surface area contributed by atoms with E-state index in [2.05, 4.69) is 25.6 Å². The zero-order valence-electron chi connectivity index (χ0n) is 18.6. The minimum Gasteiger partial charge on any atom is -0.324 e. The number of anilines is 2. The van der Waals surface area contributed by atoms with Gasteiger partial charge in [0.2, 0.25) is 5.95 Å². The molecule has 0 radical (unpaired) electrons. The zero-order chi connectivity index (χ0) is 24.2. The summed E-state index contributed by atoms with van der Waals surface area (Å²) < 4.78 is 42.2. The molecule has 4 heterocycles. The van der Waals surface area contributed by atoms with E-state index in [4.69, 9.17) is 0 Å². The second-order valence-electron chi connectivity index (χ2n) is 8.97. The van der Waals surface area contributed by atoms with Crippen molar-refractivity contribution in [1.29, 1.82) is 0 Å². The van der Waals surface area contributed by atoms with Crippen molar-refractivity contribution in [2.45, 2.75) is 44.4 Å². The SMILES string of the molecule is O=c1c2cnc(Nc3ccc4c(c3)CCNC4)nc2n(-c2ccnc(C3CC3)c2)n1CC(F)(F)F. The Morgan fingerprint density at radius 2 is 1.97 bits per heavy atom. The highest BCUT2D eigenvalue weighted by Gasteiger charge is 2.32. The molecular formula is C24H22F3N7O. The summed E-state index contributed by atoms with van der Waals surface area (Å²) >= 11 is 0. The topological polar surface area (TPSA) is 89.7 Å². The fraction of sp³-hybridized carbons (Fsp3) is 0.333. The van der Waals surface area contributed by atoms with Crippen LogP contribution in [0.4, 0.5) is 24.8 Å². The Labute approximate surface area is 197 Å². The van der Waals surface area contributed by atoms with Crippen molar-refractivity contribution < 1.29 is 13.2 Å². The molecule has 0 unspecified atom stereocenters. The first kappa shape index (κ1) is 21.8. The normalized spacial score (nSPS) is 15.9. The maximum Gasteiger partial charge on any atom is 0.408 e. The number of hydrogen-bond acceptors (Lipinski definition) is 6. The van der Waals surface area contributed by atoms with Crippen molar-refractivity contribution in [3.05, 3.63) is 69.9 Å². The quantitative estimate of drug-likeness (QED) is 0.451. The van der Waals surface area contributed by atoms with Gasteiger partial charge in [0.25, 0.3) is 5.56 Å². The van der Waals surface area contributed by atoms with Crippen LogP contribution in [0.1, 0.15) is 35.6 Å². The molecule has 4 aromatic rings. The number of rotatable bonds is 5. The van der Waals surface area contributed by atoms with Gasteiger partial charge in [-0.15, -0.1) is 0 Å². The summed E-state index contributed by atoms with van der Waals surface area (Å²) in [7, 11) is 0. The summed E-state index contributed by atoms with van der Waals surface area (Å²) in [4.78, 5) is 26.0. The number of fused-ring (bicyclic) bond motifs is 2. The molecule has 0 saturated heterocycles. The minimum atomic E-state index is -4.59. The molecule has 3 aromatic heterocycles. The number of nitrogens with one attached hydrogen (secondary N) is 2. The van der Waals surface area contributed by atoms with E-state index in [0.29, 0.717) is 16.3 Å². The first-order chi connectivity index (χ1) is 16.9. The Morgan fingerprint density at radius 3 is 2.77 bits per heavy atom. The number of benzene rings is 1. The number of aromatic nitrogens is 5. The molecule has 1 fully saturated rings. The van der Waals surface area contributed by atoms with Crippen molar-refractivity contribution in [3.8, 4) is 5.69 Å². The number of pyridine rings is 1. The number of nitrogens with zero attached hydrogens (tertiary/aromatic N) is 5. The lowest BCUT2D eigenvalue weighted by atomic mass is 10.0. The maximum atomic E-state index is 13.4. The highest BCUT2D eigenvalue weighted by molar-refractivity contribution is 5.77. The minimum absolute atomic E-state index is 0.0149. The van der Waals surface area contributed by atoms with Crippen LogP contribution < -0.4 is 16.2 Å². The molecule has 1 aliphatic heterocycles. The van der Waals surface area contributed by atoms with Crippen LogP contribution in [-0.2, 0) is 19.5 Å². The van der Waals surface area contributed by atoms with E-state index >= 15 is 0 Å². The van der Waals surface area contributed by atoms with Gasteiger partial charge in [0, 0.05) is 36.2 Å². The van der Waals surface area contributed by atoms with E-state index < -0.39 is 18.3 Å². The molecule has 0 atom stereocenters. The standard InChI is InChI=1S/C24H22F3N7O/c25-24(26,27)13-33-22(35)19-12-30-23(31-17-4-3-16-11-28-7-5-15(16)9-17)32-21(19)34(33)18-6-8-29-20(10-18)14-1-2-14/h3-4,6,8-10,12,14,28H,1-2,5,7,11,13H2,(H,30,31,32). The van der Waals surface area contributed by atoms with Gasteiger partial charge in [0.1, 0.15) is 11.9 Å². The first-order valence-electron chi connectivity index (χ1n) is 11.5. The maximum absolute atomic E-state index is 13.4. The van der Waals surface area contributed by atoms with E-state index in [1.807, 2.05) is 18.2 Å². The van der Waals surface area contributed by atoms with E-state index in [1.165, 1.54) is 22.0 Å².